The Morgan fingerprint density at radius 1 is 1.35 bits per heavy atom. The fourth-order valence-electron chi connectivity index (χ4n) is 1.32. The zero-order valence-corrected chi connectivity index (χ0v) is 10.7. The molecule has 1 atom stereocenters. The molecule has 4 N–H and O–H groups in total. The lowest BCUT2D eigenvalue weighted by Crippen LogP contribution is -2.43. The summed E-state index contributed by atoms with van der Waals surface area (Å²) in [5.41, 5.74) is 4.78. The van der Waals surface area contributed by atoms with Crippen molar-refractivity contribution in [1.29, 1.82) is 0 Å². The molecule has 0 saturated heterocycles. The topological polar surface area (TPSA) is 127 Å². The molecule has 1 amide bonds. The molecular weight excluding hydrogens is 298 g/mol. The second-order valence-electron chi connectivity index (χ2n) is 3.76. The van der Waals surface area contributed by atoms with Crippen molar-refractivity contribution in [3.05, 3.63) is 29.8 Å². The maximum atomic E-state index is 13.4. The maximum Gasteiger partial charge on any atom is 0.322 e. The first kappa shape index (κ1) is 16.0. The van der Waals surface area contributed by atoms with E-state index in [1.54, 1.807) is 4.72 Å². The molecule has 0 heterocycles. The van der Waals surface area contributed by atoms with Crippen LogP contribution in [-0.2, 0) is 19.6 Å². The van der Waals surface area contributed by atoms with E-state index >= 15 is 0 Å². The summed E-state index contributed by atoms with van der Waals surface area (Å²) in [5.74, 6) is -5.09. The third-order valence-corrected chi connectivity index (χ3v) is 3.69. The first-order chi connectivity index (χ1) is 9.13. The molecule has 1 rings (SSSR count). The van der Waals surface area contributed by atoms with Gasteiger partial charge < -0.3 is 10.8 Å². The molecule has 20 heavy (non-hydrogen) atoms. The van der Waals surface area contributed by atoms with Gasteiger partial charge in [-0.3, -0.25) is 9.59 Å². The zero-order chi connectivity index (χ0) is 15.5. The lowest BCUT2D eigenvalue weighted by atomic mass is 10.2. The highest BCUT2D eigenvalue weighted by molar-refractivity contribution is 7.89. The van der Waals surface area contributed by atoms with Crippen molar-refractivity contribution in [3.8, 4) is 0 Å². The normalized spacial score (nSPS) is 12.9. The van der Waals surface area contributed by atoms with E-state index in [4.69, 9.17) is 10.8 Å². The predicted octanol–water partition coefficient (Wildman–Crippen LogP) is -0.428. The van der Waals surface area contributed by atoms with Crippen LogP contribution >= 0.6 is 0 Å². The fourth-order valence-corrected chi connectivity index (χ4v) is 2.57. The van der Waals surface area contributed by atoms with Gasteiger partial charge in [0.05, 0.1) is 6.42 Å². The summed E-state index contributed by atoms with van der Waals surface area (Å²) in [4.78, 5) is 20.5. The summed E-state index contributed by atoms with van der Waals surface area (Å²) < 4.78 is 51.2. The van der Waals surface area contributed by atoms with Crippen molar-refractivity contribution in [2.24, 2.45) is 5.73 Å². The predicted molar refractivity (Wildman–Crippen MR) is 61.9 cm³/mol. The number of nitrogens with two attached hydrogens (primary N) is 1. The standard InChI is InChI=1S/C10H10F2N2O5S/c11-5-1-2-8(6(12)3-5)20(18,19)14-7(10(16)17)4-9(13)15/h1-3,7,14H,4H2,(H2,13,15)(H,16,17)/t7-/m1/s1. The highest BCUT2D eigenvalue weighted by Gasteiger charge is 2.28. The second kappa shape index (κ2) is 5.92. The molecule has 0 aliphatic carbocycles. The summed E-state index contributed by atoms with van der Waals surface area (Å²) in [6, 6.07) is -0.183. The fraction of sp³-hybridized carbons (Fsp3) is 0.200. The quantitative estimate of drug-likeness (QED) is 0.657. The molecular formula is C10H10F2N2O5S. The monoisotopic (exact) mass is 308 g/mol. The number of rotatable bonds is 6. The highest BCUT2D eigenvalue weighted by Crippen LogP contribution is 2.16. The molecule has 0 bridgehead atoms. The van der Waals surface area contributed by atoms with Crippen LogP contribution in [0.4, 0.5) is 8.78 Å². The molecule has 0 aromatic heterocycles. The summed E-state index contributed by atoms with van der Waals surface area (Å²) in [6.45, 7) is 0. The Labute approximate surface area is 112 Å². The number of hydrogen-bond donors (Lipinski definition) is 3. The minimum absolute atomic E-state index is 0.332. The number of hydrogen-bond acceptors (Lipinski definition) is 4. The average Bonchev–Trinajstić information content (AvgIpc) is 2.26. The molecule has 110 valence electrons. The first-order valence-corrected chi connectivity index (χ1v) is 6.60. The van der Waals surface area contributed by atoms with Crippen LogP contribution in [0.3, 0.4) is 0 Å². The lowest BCUT2D eigenvalue weighted by molar-refractivity contribution is -0.140. The van der Waals surface area contributed by atoms with Crippen molar-refractivity contribution < 1.29 is 31.9 Å². The van der Waals surface area contributed by atoms with Gasteiger partial charge in [-0.05, 0) is 12.1 Å². The number of primary amides is 1. The molecule has 1 aromatic rings. The van der Waals surface area contributed by atoms with Crippen LogP contribution < -0.4 is 10.5 Å². The Balaban J connectivity index is 3.09. The van der Waals surface area contributed by atoms with Gasteiger partial charge in [0.2, 0.25) is 15.9 Å². The number of carbonyl (C=O) groups is 2. The molecule has 0 aliphatic rings. The van der Waals surface area contributed by atoms with Crippen molar-refractivity contribution in [3.63, 3.8) is 0 Å². The second-order valence-corrected chi connectivity index (χ2v) is 5.44. The van der Waals surface area contributed by atoms with E-state index in [1.807, 2.05) is 0 Å². The number of sulfonamides is 1. The van der Waals surface area contributed by atoms with Gasteiger partial charge in [-0.1, -0.05) is 0 Å². The SMILES string of the molecule is NC(=O)C[C@@H](NS(=O)(=O)c1ccc(F)cc1F)C(=O)O. The Hall–Kier alpha value is -2.07. The van der Waals surface area contributed by atoms with Crippen LogP contribution in [0.5, 0.6) is 0 Å². The van der Waals surface area contributed by atoms with Crippen LogP contribution in [0.25, 0.3) is 0 Å². The molecule has 0 unspecified atom stereocenters. The third-order valence-electron chi connectivity index (χ3n) is 2.18. The maximum absolute atomic E-state index is 13.4. The number of carboxylic acid groups (broad SMARTS) is 1. The molecule has 10 heteroatoms. The van der Waals surface area contributed by atoms with E-state index in [0.717, 1.165) is 0 Å². The lowest BCUT2D eigenvalue weighted by Gasteiger charge is -2.13. The Bertz CT molecular complexity index is 647. The molecule has 0 fully saturated rings. The van der Waals surface area contributed by atoms with Gasteiger partial charge >= 0.3 is 5.97 Å². The number of carbonyl (C=O) groups excluding carboxylic acids is 1. The van der Waals surface area contributed by atoms with E-state index < -0.39 is 50.9 Å². The molecule has 0 aliphatic heterocycles. The Kier molecular flexibility index (Phi) is 4.73. The smallest absolute Gasteiger partial charge is 0.322 e. The van der Waals surface area contributed by atoms with Crippen molar-refractivity contribution >= 4 is 21.9 Å². The Morgan fingerprint density at radius 3 is 2.40 bits per heavy atom. The van der Waals surface area contributed by atoms with Gasteiger partial charge in [-0.25, -0.2) is 17.2 Å². The molecule has 0 saturated carbocycles. The van der Waals surface area contributed by atoms with E-state index in [-0.39, 0.29) is 0 Å². The summed E-state index contributed by atoms with van der Waals surface area (Å²) in [7, 11) is -4.58. The van der Waals surface area contributed by atoms with Gasteiger partial charge in [-0.15, -0.1) is 0 Å². The zero-order valence-electron chi connectivity index (χ0n) is 9.84. The van der Waals surface area contributed by atoms with Crippen LogP contribution in [0.15, 0.2) is 23.1 Å². The minimum atomic E-state index is -4.58. The molecule has 0 spiro atoms. The van der Waals surface area contributed by atoms with Crippen LogP contribution in [0, 0.1) is 11.6 Å². The summed E-state index contributed by atoms with van der Waals surface area (Å²) >= 11 is 0. The number of aliphatic carboxylic acids is 1. The van der Waals surface area contributed by atoms with Crippen molar-refractivity contribution in [1.82, 2.24) is 4.72 Å². The van der Waals surface area contributed by atoms with Crippen molar-refractivity contribution in [2.45, 2.75) is 17.4 Å². The minimum Gasteiger partial charge on any atom is -0.480 e. The van der Waals surface area contributed by atoms with Crippen molar-refractivity contribution in [2.75, 3.05) is 0 Å². The van der Waals surface area contributed by atoms with Gasteiger partial charge in [0, 0.05) is 6.07 Å². The van der Waals surface area contributed by atoms with Crippen LogP contribution in [0.2, 0.25) is 0 Å². The highest BCUT2D eigenvalue weighted by atomic mass is 32.2. The van der Waals surface area contributed by atoms with E-state index in [9.17, 15) is 26.8 Å². The van der Waals surface area contributed by atoms with Gasteiger partial charge in [0.1, 0.15) is 22.6 Å². The van der Waals surface area contributed by atoms with E-state index in [2.05, 4.69) is 0 Å². The van der Waals surface area contributed by atoms with Gasteiger partial charge in [0.15, 0.2) is 0 Å². The first-order valence-electron chi connectivity index (χ1n) is 5.12. The summed E-state index contributed by atoms with van der Waals surface area (Å²) in [5, 5.41) is 8.76. The number of halogens is 2. The van der Waals surface area contributed by atoms with Gasteiger partial charge in [0.25, 0.3) is 0 Å². The average molecular weight is 308 g/mol. The number of carboxylic acids is 1. The summed E-state index contributed by atoms with van der Waals surface area (Å²) in [6.07, 6.45) is -0.808. The molecule has 1 aromatic carbocycles. The number of nitrogens with one attached hydrogen (secondary N) is 1. The molecule has 0 radical (unpaired) electrons. The van der Waals surface area contributed by atoms with E-state index in [0.29, 0.717) is 18.2 Å². The number of benzene rings is 1. The largest absolute Gasteiger partial charge is 0.480 e. The molecule has 7 nitrogen and oxygen atoms in total. The van der Waals surface area contributed by atoms with E-state index in [1.165, 1.54) is 0 Å². The van der Waals surface area contributed by atoms with Crippen LogP contribution in [-0.4, -0.2) is 31.4 Å². The number of amides is 1. The van der Waals surface area contributed by atoms with Gasteiger partial charge in [-0.2, -0.15) is 4.72 Å². The third kappa shape index (κ3) is 3.96. The van der Waals surface area contributed by atoms with Crippen LogP contribution in [0.1, 0.15) is 6.42 Å². The Morgan fingerprint density at radius 2 is 1.95 bits per heavy atom.